The van der Waals surface area contributed by atoms with E-state index in [1.807, 2.05) is 97.8 Å². The van der Waals surface area contributed by atoms with Crippen LogP contribution in [-0.4, -0.2) is 58.6 Å². The molecule has 16 aromatic carbocycles. The number of para-hydroxylation sites is 3. The van der Waals surface area contributed by atoms with Gasteiger partial charge in [-0.2, -0.15) is 0 Å². The van der Waals surface area contributed by atoms with Gasteiger partial charge in [-0.05, 0) is 289 Å². The maximum absolute atomic E-state index is 14.4. The topological polar surface area (TPSA) is 131 Å². The van der Waals surface area contributed by atoms with Crippen LogP contribution in [0.4, 0.5) is 4.39 Å². The summed E-state index contributed by atoms with van der Waals surface area (Å²) in [5.74, 6) is -0.360. The normalized spacial score (nSPS) is 11.8. The molecule has 12 heterocycles. The van der Waals surface area contributed by atoms with Crippen LogP contribution in [-0.2, 0) is 10.8 Å². The quantitative estimate of drug-likeness (QED) is 0.104. The Kier molecular flexibility index (Phi) is 22.6. The zero-order valence-electron chi connectivity index (χ0n) is 83.4. The average Bonchev–Trinajstić information content (AvgIpc) is 1.59. The van der Waals surface area contributed by atoms with E-state index in [4.69, 9.17) is 24.9 Å². The van der Waals surface area contributed by atoms with E-state index >= 15 is 0 Å². The van der Waals surface area contributed by atoms with E-state index in [1.54, 1.807) is 12.3 Å². The Morgan fingerprint density at radius 1 is 0.193 bits per heavy atom. The first kappa shape index (κ1) is 90.7. The second kappa shape index (κ2) is 37.4. The van der Waals surface area contributed by atoms with Gasteiger partial charge < -0.3 is 13.7 Å². The zero-order chi connectivity index (χ0) is 101. The molecule has 0 atom stereocenters. The van der Waals surface area contributed by atoms with E-state index in [0.29, 0.717) is 0 Å². The molecule has 12 aromatic heterocycles. The molecule has 0 N–H and O–H groups in total. The molecular formula is C137H97FN12. The molecular weight excluding hydrogens is 1830 g/mol. The van der Waals surface area contributed by atoms with Gasteiger partial charge in [-0.3, -0.25) is 29.9 Å². The largest absolute Gasteiger partial charge is 0.309 e. The lowest BCUT2D eigenvalue weighted by molar-refractivity contribution is 0.587. The maximum atomic E-state index is 14.4. The summed E-state index contributed by atoms with van der Waals surface area (Å²) in [6.45, 7) is 13.4. The van der Waals surface area contributed by atoms with Crippen LogP contribution in [0.25, 0.3) is 260 Å². The van der Waals surface area contributed by atoms with E-state index in [9.17, 15) is 4.39 Å². The summed E-state index contributed by atoms with van der Waals surface area (Å²) in [4.78, 5) is 43.5. The molecule has 0 radical (unpaired) electrons. The van der Waals surface area contributed by atoms with Crippen molar-refractivity contribution >= 4 is 130 Å². The molecule has 0 fully saturated rings. The van der Waals surface area contributed by atoms with E-state index < -0.39 is 0 Å². The molecule has 0 saturated carbocycles. The highest BCUT2D eigenvalue weighted by Crippen LogP contribution is 2.46. The number of rotatable bonds is 13. The number of halogens is 1. The molecule has 13 heteroatoms. The van der Waals surface area contributed by atoms with Crippen molar-refractivity contribution < 1.29 is 4.39 Å². The van der Waals surface area contributed by atoms with Gasteiger partial charge in [0, 0.05) is 104 Å². The van der Waals surface area contributed by atoms with Gasteiger partial charge in [-0.25, -0.2) is 19.3 Å². The highest BCUT2D eigenvalue weighted by atomic mass is 19.1. The second-order valence-electron chi connectivity index (χ2n) is 40.6. The number of aromatic nitrogens is 12. The Morgan fingerprint density at radius 2 is 0.580 bits per heavy atom. The number of pyridine rings is 9. The molecule has 28 aromatic rings. The number of nitrogens with zero attached hydrogens (tertiary/aromatic N) is 12. The molecule has 0 unspecified atom stereocenters. The number of hydrogen-bond donors (Lipinski definition) is 0. The maximum Gasteiger partial charge on any atom is 0.143 e. The van der Waals surface area contributed by atoms with Gasteiger partial charge in [-0.15, -0.1) is 0 Å². The fourth-order valence-electron chi connectivity index (χ4n) is 21.7. The highest BCUT2D eigenvalue weighted by Gasteiger charge is 2.25. The summed E-state index contributed by atoms with van der Waals surface area (Å²) in [6.07, 6.45) is 14.6. The van der Waals surface area contributed by atoms with Crippen LogP contribution in [0.2, 0.25) is 0 Å². The Balaban J connectivity index is 0.000000114. The minimum atomic E-state index is -0.360. The van der Waals surface area contributed by atoms with Crippen molar-refractivity contribution in [3.63, 3.8) is 0 Å². The van der Waals surface area contributed by atoms with Crippen LogP contribution in [0.15, 0.2) is 480 Å². The van der Waals surface area contributed by atoms with Crippen molar-refractivity contribution in [3.8, 4) is 130 Å². The van der Waals surface area contributed by atoms with Crippen LogP contribution in [0.5, 0.6) is 0 Å². The molecule has 28 rings (SSSR count). The lowest BCUT2D eigenvalue weighted by Gasteiger charge is -2.20. The summed E-state index contributed by atoms with van der Waals surface area (Å²) in [5, 5.41) is 20.2. The molecule has 0 amide bonds. The minimum absolute atomic E-state index is 0.0185. The highest BCUT2D eigenvalue weighted by molar-refractivity contribution is 6.17. The molecule has 12 nitrogen and oxygen atoms in total. The predicted octanol–water partition coefficient (Wildman–Crippen LogP) is 35.2. The molecule has 0 saturated heterocycles. The van der Waals surface area contributed by atoms with Gasteiger partial charge in [0.2, 0.25) is 0 Å². The van der Waals surface area contributed by atoms with Crippen LogP contribution in [0, 0.1) is 5.82 Å². The summed E-state index contributed by atoms with van der Waals surface area (Å²) in [6, 6.07) is 152. The number of hydrogen-bond acceptors (Lipinski definition) is 9. The Morgan fingerprint density at radius 3 is 1.13 bits per heavy atom. The molecule has 0 aliphatic rings. The van der Waals surface area contributed by atoms with Gasteiger partial charge in [0.1, 0.15) is 5.82 Å². The van der Waals surface area contributed by atoms with Crippen molar-refractivity contribution in [1.82, 2.24) is 58.6 Å². The van der Waals surface area contributed by atoms with Gasteiger partial charge in [-0.1, -0.05) is 308 Å². The smallest absolute Gasteiger partial charge is 0.143 e. The standard InChI is InChI=1S/C51H38N4.C45H34N4.C41H25FN4/c1-51(2,3)38-21-19-33(20-22-38)35-26-36(28-39(27-35)55-49-18-9-8-16-43(49)44-23-25-52-32-50(44)55)37-30-47(54-48(31-37)46-17-10-11-24-53-46)45-29-34-12-4-5-13-40(34)41-14-6-7-15-42(41)45;1-45(2,3)32-18-21-40(47-27-32)42-26-31(25-41(48-42)38-24-30-10-4-5-11-34(30)35-12-6-7-13-36(35)38)29-16-19-33(20-17-29)49-43-15-9-8-14-37(43)39-28-46-23-22-44(39)49;42-31-24-40-41(44-25-31)35-9-3-4-11-39(35)46(40)32-17-14-26(15-18-32)30-22-37(45-38(23-30)36-10-5-6-20-43-36)29-16-19-34-28(21-29)13-12-27-7-1-2-8-33(27)34/h4-32H,1-3H3;4-28H,1-3H3;1-25H. The third-order valence-electron chi connectivity index (χ3n) is 29.3. The third-order valence-corrected chi connectivity index (χ3v) is 29.3. The fourth-order valence-corrected chi connectivity index (χ4v) is 21.7. The van der Waals surface area contributed by atoms with Crippen LogP contribution >= 0.6 is 0 Å². The van der Waals surface area contributed by atoms with E-state index in [0.717, 1.165) is 173 Å². The van der Waals surface area contributed by atoms with E-state index in [1.165, 1.54) is 104 Å². The second-order valence-corrected chi connectivity index (χ2v) is 40.6. The third kappa shape index (κ3) is 16.8. The van der Waals surface area contributed by atoms with Crippen molar-refractivity contribution in [2.75, 3.05) is 0 Å². The molecule has 0 spiro atoms. The molecule has 0 aliphatic heterocycles. The van der Waals surface area contributed by atoms with Crippen molar-refractivity contribution in [1.29, 1.82) is 0 Å². The van der Waals surface area contributed by atoms with Crippen LogP contribution in [0.3, 0.4) is 0 Å². The first-order valence-corrected chi connectivity index (χ1v) is 50.8. The number of fused-ring (bicyclic) bond motifs is 18. The Bertz CT molecular complexity index is 10100. The van der Waals surface area contributed by atoms with Gasteiger partial charge in [0.25, 0.3) is 0 Å². The molecule has 150 heavy (non-hydrogen) atoms. The van der Waals surface area contributed by atoms with Crippen LogP contribution in [0.1, 0.15) is 52.7 Å². The van der Waals surface area contributed by atoms with Gasteiger partial charge in [0.05, 0.1) is 102 Å². The minimum Gasteiger partial charge on any atom is -0.309 e. The van der Waals surface area contributed by atoms with Gasteiger partial charge in [0.15, 0.2) is 0 Å². The lowest BCUT2D eigenvalue weighted by atomic mass is 9.86. The predicted molar refractivity (Wildman–Crippen MR) is 619 cm³/mol. The lowest BCUT2D eigenvalue weighted by Crippen LogP contribution is -2.11. The van der Waals surface area contributed by atoms with Crippen molar-refractivity contribution in [2.45, 2.75) is 52.4 Å². The monoisotopic (exact) mass is 1930 g/mol. The van der Waals surface area contributed by atoms with E-state index in [2.05, 4.69) is 439 Å². The average molecular weight is 1930 g/mol. The first-order valence-electron chi connectivity index (χ1n) is 50.8. The van der Waals surface area contributed by atoms with Crippen LogP contribution < -0.4 is 0 Å². The summed E-state index contributed by atoms with van der Waals surface area (Å²) >= 11 is 0. The summed E-state index contributed by atoms with van der Waals surface area (Å²) in [5.41, 5.74) is 32.4. The SMILES string of the molecule is CC(C)(C)c1ccc(-c2cc(-c3cc(-c4ccccn4)nc(-c4cc5ccccc5c5ccccc45)c3)cc(-n3c4ccccc4c4ccncc43)c2)cc1.CC(C)(C)c1ccc(-c2cc(-c3ccc(-n4c5ccccc5c5cnccc54)cc3)cc(-c3cc4ccccc4c4ccccc34)n2)nc1.Fc1cnc2c3ccccc3n(-c3ccc(-c4cc(-c5ccc6c(ccc7ccccc76)c5)nc(-c5ccccn5)c4)cc3)c2c1. The van der Waals surface area contributed by atoms with Gasteiger partial charge >= 0.3 is 0 Å². The van der Waals surface area contributed by atoms with E-state index in [-0.39, 0.29) is 16.6 Å². The summed E-state index contributed by atoms with van der Waals surface area (Å²) < 4.78 is 21.1. The fraction of sp³-hybridized carbons (Fsp3) is 0.0584. The van der Waals surface area contributed by atoms with Crippen molar-refractivity contribution in [3.05, 3.63) is 497 Å². The van der Waals surface area contributed by atoms with Crippen molar-refractivity contribution in [2.24, 2.45) is 0 Å². The Hall–Kier alpha value is -19.2. The zero-order valence-corrected chi connectivity index (χ0v) is 83.4. The first-order chi connectivity index (χ1) is 73.5. The summed E-state index contributed by atoms with van der Waals surface area (Å²) in [7, 11) is 0. The Labute approximate surface area is 866 Å². The molecule has 0 bridgehead atoms. The molecule has 0 aliphatic carbocycles. The molecule has 712 valence electrons. The number of benzene rings is 16.